The van der Waals surface area contributed by atoms with Gasteiger partial charge in [0.25, 0.3) is 0 Å². The Morgan fingerprint density at radius 2 is 1.77 bits per heavy atom. The zero-order chi connectivity index (χ0) is 18.4. The molecule has 6 nitrogen and oxygen atoms in total. The van der Waals surface area contributed by atoms with Crippen molar-refractivity contribution in [2.45, 2.75) is 51.0 Å². The van der Waals surface area contributed by atoms with Gasteiger partial charge in [0.2, 0.25) is 5.91 Å². The van der Waals surface area contributed by atoms with Gasteiger partial charge in [0, 0.05) is 24.8 Å². The molecule has 2 aliphatic rings. The van der Waals surface area contributed by atoms with Crippen LogP contribution in [-0.2, 0) is 4.79 Å². The smallest absolute Gasteiger partial charge is 0.317 e. The molecule has 6 heteroatoms. The van der Waals surface area contributed by atoms with E-state index in [1.807, 2.05) is 0 Å². The lowest BCUT2D eigenvalue weighted by molar-refractivity contribution is -0.121. The van der Waals surface area contributed by atoms with Crippen LogP contribution in [0.2, 0.25) is 0 Å². The second-order valence-electron chi connectivity index (χ2n) is 7.25. The molecule has 0 spiro atoms. The first-order chi connectivity index (χ1) is 12.7. The van der Waals surface area contributed by atoms with Gasteiger partial charge in [-0.15, -0.1) is 0 Å². The van der Waals surface area contributed by atoms with Gasteiger partial charge >= 0.3 is 6.03 Å². The molecule has 3 rings (SSSR count). The zero-order valence-electron chi connectivity index (χ0n) is 15.0. The summed E-state index contributed by atoms with van der Waals surface area (Å²) in [7, 11) is 0. The molecular formula is C20H26N4O2. The highest BCUT2D eigenvalue weighted by atomic mass is 16.2. The van der Waals surface area contributed by atoms with Crippen molar-refractivity contribution >= 4 is 17.6 Å². The molecule has 1 aromatic rings. The first-order valence-electron chi connectivity index (χ1n) is 9.52. The van der Waals surface area contributed by atoms with E-state index in [-0.39, 0.29) is 23.9 Å². The van der Waals surface area contributed by atoms with E-state index in [0.717, 1.165) is 25.7 Å². The standard InChI is InChI=1S/C20H26N4O2/c21-13-15-8-10-18(11-9-15)22-19(25)16-5-4-12-24(14-16)20(26)23-17-6-2-1-3-7-17/h8-11,16-17H,1-7,12,14H2,(H,22,25)(H,23,26). The summed E-state index contributed by atoms with van der Waals surface area (Å²) in [6.45, 7) is 1.17. The molecule has 1 heterocycles. The molecule has 0 radical (unpaired) electrons. The van der Waals surface area contributed by atoms with E-state index in [1.54, 1.807) is 29.2 Å². The number of carbonyl (C=O) groups excluding carboxylic acids is 2. The Morgan fingerprint density at radius 1 is 1.04 bits per heavy atom. The Hall–Kier alpha value is -2.55. The number of carbonyl (C=O) groups is 2. The highest BCUT2D eigenvalue weighted by molar-refractivity contribution is 5.93. The molecule has 1 aromatic carbocycles. The minimum Gasteiger partial charge on any atom is -0.335 e. The van der Waals surface area contributed by atoms with Crippen LogP contribution in [0.3, 0.4) is 0 Å². The number of nitrogens with one attached hydrogen (secondary N) is 2. The normalized spacial score (nSPS) is 20.9. The molecule has 138 valence electrons. The average molecular weight is 354 g/mol. The maximum atomic E-state index is 12.5. The number of nitriles is 1. The first-order valence-corrected chi connectivity index (χ1v) is 9.52. The van der Waals surface area contributed by atoms with Gasteiger partial charge in [-0.2, -0.15) is 5.26 Å². The van der Waals surface area contributed by atoms with Crippen molar-refractivity contribution in [1.82, 2.24) is 10.2 Å². The third-order valence-electron chi connectivity index (χ3n) is 5.29. The van der Waals surface area contributed by atoms with Gasteiger partial charge < -0.3 is 15.5 Å². The molecule has 2 N–H and O–H groups in total. The number of benzene rings is 1. The van der Waals surface area contributed by atoms with Crippen molar-refractivity contribution in [3.8, 4) is 6.07 Å². The quantitative estimate of drug-likeness (QED) is 0.874. The van der Waals surface area contributed by atoms with E-state index in [2.05, 4.69) is 16.7 Å². The van der Waals surface area contributed by atoms with Crippen molar-refractivity contribution < 1.29 is 9.59 Å². The van der Waals surface area contributed by atoms with Gasteiger partial charge in [-0.25, -0.2) is 4.79 Å². The number of urea groups is 1. The fraction of sp³-hybridized carbons (Fsp3) is 0.550. The number of hydrogen-bond acceptors (Lipinski definition) is 3. The molecule has 1 atom stereocenters. The minimum atomic E-state index is -0.198. The second kappa shape index (κ2) is 8.70. The van der Waals surface area contributed by atoms with Crippen LogP contribution in [0.25, 0.3) is 0 Å². The SMILES string of the molecule is N#Cc1ccc(NC(=O)C2CCCN(C(=O)NC3CCCCC3)C2)cc1. The summed E-state index contributed by atoms with van der Waals surface area (Å²) in [5.74, 6) is -0.263. The van der Waals surface area contributed by atoms with Gasteiger partial charge in [0.05, 0.1) is 17.6 Å². The summed E-state index contributed by atoms with van der Waals surface area (Å²) in [6, 6.07) is 9.13. The van der Waals surface area contributed by atoms with Gasteiger partial charge in [-0.3, -0.25) is 4.79 Å². The molecular weight excluding hydrogens is 328 g/mol. The van der Waals surface area contributed by atoms with Crippen LogP contribution in [0.1, 0.15) is 50.5 Å². The first kappa shape index (κ1) is 18.2. The van der Waals surface area contributed by atoms with Crippen LogP contribution >= 0.6 is 0 Å². The van der Waals surface area contributed by atoms with Crippen LogP contribution < -0.4 is 10.6 Å². The summed E-state index contributed by atoms with van der Waals surface area (Å²) in [5, 5.41) is 14.9. The van der Waals surface area contributed by atoms with Crippen LogP contribution in [0.5, 0.6) is 0 Å². The molecule has 1 aliphatic carbocycles. The van der Waals surface area contributed by atoms with Gasteiger partial charge in [0.1, 0.15) is 0 Å². The molecule has 1 aliphatic heterocycles. The number of piperidine rings is 1. The number of hydrogen-bond donors (Lipinski definition) is 2. The van der Waals surface area contributed by atoms with Crippen LogP contribution in [0.4, 0.5) is 10.5 Å². The Balaban J connectivity index is 1.52. The van der Waals surface area contributed by atoms with Crippen LogP contribution in [-0.4, -0.2) is 36.0 Å². The fourth-order valence-corrected chi connectivity index (χ4v) is 3.76. The largest absolute Gasteiger partial charge is 0.335 e. The van der Waals surface area contributed by atoms with Crippen molar-refractivity contribution in [1.29, 1.82) is 5.26 Å². The van der Waals surface area contributed by atoms with Gasteiger partial charge in [-0.1, -0.05) is 19.3 Å². The predicted molar refractivity (Wildman–Crippen MR) is 99.5 cm³/mol. The fourth-order valence-electron chi connectivity index (χ4n) is 3.76. The number of amides is 3. The Kier molecular flexibility index (Phi) is 6.11. The summed E-state index contributed by atoms with van der Waals surface area (Å²) in [4.78, 5) is 26.8. The molecule has 1 saturated carbocycles. The van der Waals surface area contributed by atoms with E-state index in [9.17, 15) is 9.59 Å². The second-order valence-corrected chi connectivity index (χ2v) is 7.25. The number of likely N-dealkylation sites (tertiary alicyclic amines) is 1. The summed E-state index contributed by atoms with van der Waals surface area (Å²) >= 11 is 0. The Morgan fingerprint density at radius 3 is 2.46 bits per heavy atom. The summed E-state index contributed by atoms with van der Waals surface area (Å²) in [5.41, 5.74) is 1.24. The molecule has 26 heavy (non-hydrogen) atoms. The van der Waals surface area contributed by atoms with Gasteiger partial charge in [0.15, 0.2) is 0 Å². The number of rotatable bonds is 3. The van der Waals surface area contributed by atoms with E-state index in [0.29, 0.717) is 24.3 Å². The van der Waals surface area contributed by atoms with Crippen molar-refractivity contribution in [2.24, 2.45) is 5.92 Å². The lowest BCUT2D eigenvalue weighted by atomic mass is 9.95. The minimum absolute atomic E-state index is 0.0345. The van der Waals surface area contributed by atoms with Crippen molar-refractivity contribution in [3.63, 3.8) is 0 Å². The molecule has 1 saturated heterocycles. The monoisotopic (exact) mass is 354 g/mol. The van der Waals surface area contributed by atoms with Gasteiger partial charge in [-0.05, 0) is 49.9 Å². The lowest BCUT2D eigenvalue weighted by Crippen LogP contribution is -2.50. The van der Waals surface area contributed by atoms with Crippen LogP contribution in [0, 0.1) is 17.2 Å². The van der Waals surface area contributed by atoms with E-state index >= 15 is 0 Å². The molecule has 3 amide bonds. The van der Waals surface area contributed by atoms with E-state index < -0.39 is 0 Å². The topological polar surface area (TPSA) is 85.2 Å². The number of nitrogens with zero attached hydrogens (tertiary/aromatic N) is 2. The van der Waals surface area contributed by atoms with Crippen molar-refractivity contribution in [3.05, 3.63) is 29.8 Å². The third kappa shape index (κ3) is 4.75. The van der Waals surface area contributed by atoms with E-state index in [4.69, 9.17) is 5.26 Å². The maximum absolute atomic E-state index is 12.5. The Bertz CT molecular complexity index is 674. The van der Waals surface area contributed by atoms with E-state index in [1.165, 1.54) is 19.3 Å². The number of anilines is 1. The molecule has 0 aromatic heterocycles. The molecule has 1 unspecified atom stereocenters. The summed E-state index contributed by atoms with van der Waals surface area (Å²) in [6.07, 6.45) is 7.36. The lowest BCUT2D eigenvalue weighted by Gasteiger charge is -2.34. The highest BCUT2D eigenvalue weighted by Gasteiger charge is 2.29. The average Bonchev–Trinajstić information content (AvgIpc) is 2.69. The third-order valence-corrected chi connectivity index (χ3v) is 5.29. The van der Waals surface area contributed by atoms with Crippen molar-refractivity contribution in [2.75, 3.05) is 18.4 Å². The maximum Gasteiger partial charge on any atom is 0.317 e. The zero-order valence-corrected chi connectivity index (χ0v) is 15.0. The molecule has 0 bridgehead atoms. The summed E-state index contributed by atoms with van der Waals surface area (Å²) < 4.78 is 0. The Labute approximate surface area is 154 Å². The predicted octanol–water partition coefficient (Wildman–Crippen LogP) is 3.25. The molecule has 2 fully saturated rings. The van der Waals surface area contributed by atoms with Crippen LogP contribution in [0.15, 0.2) is 24.3 Å². The highest BCUT2D eigenvalue weighted by Crippen LogP contribution is 2.21.